The number of ether oxygens (including phenoxy) is 1. The second-order valence-electron chi connectivity index (χ2n) is 5.55. The normalized spacial score (nSPS) is 12.7. The third-order valence-electron chi connectivity index (χ3n) is 4.11. The van der Waals surface area contributed by atoms with E-state index in [2.05, 4.69) is 15.3 Å². The van der Waals surface area contributed by atoms with Gasteiger partial charge in [-0.25, -0.2) is 20.2 Å². The SMILES string of the molecule is NNC(=O)c1cn2c(NCc3c(F)ccc4c3CCO4)nccc2n1. The first kappa shape index (κ1) is 15.3. The van der Waals surface area contributed by atoms with Gasteiger partial charge in [-0.15, -0.1) is 0 Å². The quantitative estimate of drug-likeness (QED) is 0.371. The first-order valence-electron chi connectivity index (χ1n) is 7.69. The number of nitrogens with one attached hydrogen (secondary N) is 2. The summed E-state index contributed by atoms with van der Waals surface area (Å²) >= 11 is 0. The molecule has 8 nitrogen and oxygen atoms in total. The van der Waals surface area contributed by atoms with Gasteiger partial charge in [0.25, 0.3) is 5.91 Å². The average molecular weight is 342 g/mol. The van der Waals surface area contributed by atoms with Crippen LogP contribution in [-0.4, -0.2) is 26.9 Å². The van der Waals surface area contributed by atoms with E-state index in [1.807, 2.05) is 5.43 Å². The van der Waals surface area contributed by atoms with Crippen molar-refractivity contribution in [3.8, 4) is 5.75 Å². The highest BCUT2D eigenvalue weighted by atomic mass is 19.1. The number of hydrogen-bond acceptors (Lipinski definition) is 6. The Morgan fingerprint density at radius 3 is 3.12 bits per heavy atom. The highest BCUT2D eigenvalue weighted by Gasteiger charge is 2.20. The summed E-state index contributed by atoms with van der Waals surface area (Å²) in [6.07, 6.45) is 3.75. The molecule has 0 saturated heterocycles. The molecule has 0 spiro atoms. The minimum absolute atomic E-state index is 0.165. The van der Waals surface area contributed by atoms with Crippen molar-refractivity contribution in [3.63, 3.8) is 0 Å². The molecule has 0 bridgehead atoms. The van der Waals surface area contributed by atoms with Crippen LogP contribution in [0.3, 0.4) is 0 Å². The number of nitrogens with two attached hydrogens (primary N) is 1. The number of nitrogen functional groups attached to an aromatic ring is 1. The summed E-state index contributed by atoms with van der Waals surface area (Å²) in [6.45, 7) is 0.791. The van der Waals surface area contributed by atoms with Crippen LogP contribution in [0.15, 0.2) is 30.6 Å². The van der Waals surface area contributed by atoms with Crippen molar-refractivity contribution in [2.75, 3.05) is 11.9 Å². The first-order valence-corrected chi connectivity index (χ1v) is 7.69. The number of rotatable bonds is 4. The fraction of sp³-hybridized carbons (Fsp3) is 0.188. The number of hydrazine groups is 1. The fourth-order valence-electron chi connectivity index (χ4n) is 2.91. The Bertz CT molecular complexity index is 971. The predicted octanol–water partition coefficient (Wildman–Crippen LogP) is 1.02. The molecule has 1 aliphatic rings. The topological polar surface area (TPSA) is 107 Å². The minimum atomic E-state index is -0.501. The van der Waals surface area contributed by atoms with Crippen molar-refractivity contribution in [3.05, 3.63) is 53.2 Å². The molecule has 0 aliphatic carbocycles. The van der Waals surface area contributed by atoms with Gasteiger partial charge in [0, 0.05) is 36.5 Å². The Hall–Kier alpha value is -3.20. The third kappa shape index (κ3) is 2.64. The lowest BCUT2D eigenvalue weighted by Crippen LogP contribution is -2.30. The van der Waals surface area contributed by atoms with E-state index in [1.165, 1.54) is 12.3 Å². The van der Waals surface area contributed by atoms with Crippen molar-refractivity contribution in [2.24, 2.45) is 5.84 Å². The van der Waals surface area contributed by atoms with Gasteiger partial charge >= 0.3 is 0 Å². The van der Waals surface area contributed by atoms with Crippen LogP contribution in [0.4, 0.5) is 10.3 Å². The number of carbonyl (C=O) groups excluding carboxylic acids is 1. The molecule has 1 aliphatic heterocycles. The molecule has 25 heavy (non-hydrogen) atoms. The Morgan fingerprint density at radius 2 is 2.28 bits per heavy atom. The van der Waals surface area contributed by atoms with Crippen LogP contribution in [0, 0.1) is 5.82 Å². The highest BCUT2D eigenvalue weighted by Crippen LogP contribution is 2.30. The second-order valence-corrected chi connectivity index (χ2v) is 5.55. The summed E-state index contributed by atoms with van der Waals surface area (Å²) in [5, 5.41) is 3.10. The van der Waals surface area contributed by atoms with Crippen molar-refractivity contribution < 1.29 is 13.9 Å². The summed E-state index contributed by atoms with van der Waals surface area (Å²) in [7, 11) is 0. The number of carbonyl (C=O) groups is 1. The molecular formula is C16H15FN6O2. The van der Waals surface area contributed by atoms with Crippen molar-refractivity contribution >= 4 is 17.5 Å². The van der Waals surface area contributed by atoms with E-state index < -0.39 is 5.91 Å². The van der Waals surface area contributed by atoms with E-state index in [1.54, 1.807) is 22.7 Å². The summed E-state index contributed by atoms with van der Waals surface area (Å²) in [5.41, 5.74) is 4.15. The van der Waals surface area contributed by atoms with Crippen molar-refractivity contribution in [1.82, 2.24) is 19.8 Å². The van der Waals surface area contributed by atoms with Gasteiger partial charge in [0.15, 0.2) is 0 Å². The molecule has 4 N–H and O–H groups in total. The van der Waals surface area contributed by atoms with E-state index in [-0.39, 0.29) is 18.1 Å². The lowest BCUT2D eigenvalue weighted by Gasteiger charge is -2.11. The largest absolute Gasteiger partial charge is 0.493 e. The maximum Gasteiger partial charge on any atom is 0.285 e. The molecule has 0 atom stereocenters. The number of hydrogen-bond donors (Lipinski definition) is 3. The number of nitrogens with zero attached hydrogens (tertiary/aromatic N) is 3. The molecule has 0 radical (unpaired) electrons. The molecule has 9 heteroatoms. The summed E-state index contributed by atoms with van der Waals surface area (Å²) in [4.78, 5) is 20.0. The van der Waals surface area contributed by atoms with Crippen LogP contribution in [0.1, 0.15) is 21.6 Å². The standard InChI is InChI=1S/C16H15FN6O2/c17-11-1-2-13-9(4-6-25-13)10(11)7-20-16-19-5-3-14-21-12(8-23(14)16)15(24)22-18/h1-3,5,8H,4,6-7,18H2,(H,19,20)(H,22,24). The lowest BCUT2D eigenvalue weighted by molar-refractivity contribution is 0.0949. The highest BCUT2D eigenvalue weighted by molar-refractivity contribution is 5.92. The van der Waals surface area contributed by atoms with E-state index >= 15 is 0 Å². The van der Waals surface area contributed by atoms with E-state index in [4.69, 9.17) is 10.6 Å². The summed E-state index contributed by atoms with van der Waals surface area (Å²) in [5.74, 6) is 5.50. The Morgan fingerprint density at radius 1 is 1.40 bits per heavy atom. The molecule has 1 amide bonds. The van der Waals surface area contributed by atoms with Gasteiger partial charge in [0.2, 0.25) is 5.95 Å². The summed E-state index contributed by atoms with van der Waals surface area (Å²) < 4.78 is 21.3. The smallest absolute Gasteiger partial charge is 0.285 e. The number of aromatic nitrogens is 3. The molecule has 0 fully saturated rings. The van der Waals surface area contributed by atoms with Crippen LogP contribution in [0.5, 0.6) is 5.75 Å². The van der Waals surface area contributed by atoms with Gasteiger partial charge in [-0.05, 0) is 18.2 Å². The zero-order valence-corrected chi connectivity index (χ0v) is 13.1. The van der Waals surface area contributed by atoms with E-state index in [9.17, 15) is 9.18 Å². The van der Waals surface area contributed by atoms with Crippen LogP contribution in [0.25, 0.3) is 5.65 Å². The number of anilines is 1. The van der Waals surface area contributed by atoms with Gasteiger partial charge in [0.05, 0.1) is 6.61 Å². The fourth-order valence-corrected chi connectivity index (χ4v) is 2.91. The van der Waals surface area contributed by atoms with Crippen LogP contribution in [0.2, 0.25) is 0 Å². The molecule has 0 saturated carbocycles. The summed E-state index contributed by atoms with van der Waals surface area (Å²) in [6, 6.07) is 4.71. The predicted molar refractivity (Wildman–Crippen MR) is 87.6 cm³/mol. The van der Waals surface area contributed by atoms with Gasteiger partial charge < -0.3 is 10.1 Å². The number of amides is 1. The first-order chi connectivity index (χ1) is 12.2. The molecule has 128 valence electrons. The van der Waals surface area contributed by atoms with Gasteiger partial charge in [-0.1, -0.05) is 0 Å². The van der Waals surface area contributed by atoms with Gasteiger partial charge in [0.1, 0.15) is 22.9 Å². The van der Waals surface area contributed by atoms with E-state index in [0.717, 1.165) is 5.56 Å². The Labute approximate surface area is 141 Å². The molecule has 3 aromatic rings. The average Bonchev–Trinajstić information content (AvgIpc) is 3.27. The van der Waals surface area contributed by atoms with Gasteiger partial charge in [-0.2, -0.15) is 0 Å². The molecule has 1 aromatic carbocycles. The van der Waals surface area contributed by atoms with Crippen LogP contribution in [-0.2, 0) is 13.0 Å². The second kappa shape index (κ2) is 6.02. The van der Waals surface area contributed by atoms with E-state index in [0.29, 0.717) is 35.9 Å². The number of halogens is 1. The zero-order chi connectivity index (χ0) is 17.4. The van der Waals surface area contributed by atoms with Crippen LogP contribution >= 0.6 is 0 Å². The molecule has 2 aromatic heterocycles. The van der Waals surface area contributed by atoms with Gasteiger partial charge in [-0.3, -0.25) is 14.6 Å². The third-order valence-corrected chi connectivity index (χ3v) is 4.11. The van der Waals surface area contributed by atoms with Crippen molar-refractivity contribution in [2.45, 2.75) is 13.0 Å². The molecule has 0 unspecified atom stereocenters. The number of benzene rings is 1. The van der Waals surface area contributed by atoms with Crippen molar-refractivity contribution in [1.29, 1.82) is 0 Å². The molecule has 3 heterocycles. The minimum Gasteiger partial charge on any atom is -0.493 e. The number of imidazole rings is 1. The maximum atomic E-state index is 14.2. The Kier molecular flexibility index (Phi) is 3.69. The van der Waals surface area contributed by atoms with Crippen LogP contribution < -0.4 is 21.3 Å². The number of fused-ring (bicyclic) bond motifs is 2. The lowest BCUT2D eigenvalue weighted by atomic mass is 10.0. The Balaban J connectivity index is 1.65. The molecule has 4 rings (SSSR count). The zero-order valence-electron chi connectivity index (χ0n) is 13.1. The molecular weight excluding hydrogens is 327 g/mol. The maximum absolute atomic E-state index is 14.2. The monoisotopic (exact) mass is 342 g/mol.